The van der Waals surface area contributed by atoms with Gasteiger partial charge in [0.2, 0.25) is 6.10 Å². The number of methoxy groups -OCH3 is 1. The van der Waals surface area contributed by atoms with E-state index in [1.165, 1.54) is 24.3 Å². The smallest absolute Gasteiger partial charge is 0.428 e. The van der Waals surface area contributed by atoms with Gasteiger partial charge in [0.05, 0.1) is 5.56 Å². The van der Waals surface area contributed by atoms with Gasteiger partial charge < -0.3 is 19.3 Å². The molecule has 0 aliphatic heterocycles. The summed E-state index contributed by atoms with van der Waals surface area (Å²) in [7, 11) is 1.15. The van der Waals surface area contributed by atoms with E-state index in [9.17, 15) is 23.1 Å². The molecule has 5 nitrogen and oxygen atoms in total. The van der Waals surface area contributed by atoms with E-state index in [0.717, 1.165) is 7.11 Å². The average Bonchev–Trinajstić information content (AvgIpc) is 2.56. The fraction of sp³-hybridized carbons (Fsp3) is 0.588. The number of esters is 1. The predicted molar refractivity (Wildman–Crippen MR) is 84.5 cm³/mol. The molecule has 0 heterocycles. The van der Waals surface area contributed by atoms with Crippen molar-refractivity contribution in [3.63, 3.8) is 0 Å². The molecule has 1 aromatic rings. The molecule has 0 aliphatic rings. The van der Waals surface area contributed by atoms with Crippen molar-refractivity contribution in [2.24, 2.45) is 0 Å². The van der Waals surface area contributed by atoms with Crippen molar-refractivity contribution < 1.29 is 37.3 Å². The van der Waals surface area contributed by atoms with Crippen LogP contribution in [0.5, 0.6) is 5.75 Å². The molecule has 0 aromatic heterocycles. The van der Waals surface area contributed by atoms with Crippen LogP contribution in [0.3, 0.4) is 0 Å². The van der Waals surface area contributed by atoms with Gasteiger partial charge in [-0.05, 0) is 50.5 Å². The second-order valence-electron chi connectivity index (χ2n) is 5.38. The van der Waals surface area contributed by atoms with Crippen LogP contribution in [0.15, 0.2) is 24.3 Å². The topological polar surface area (TPSA) is 65.0 Å². The maximum Gasteiger partial charge on any atom is 0.428 e. The number of halogens is 3. The molecule has 0 saturated heterocycles. The zero-order valence-corrected chi connectivity index (χ0v) is 14.2. The molecule has 142 valence electrons. The minimum atomic E-state index is -4.76. The highest BCUT2D eigenvalue weighted by Crippen LogP contribution is 2.30. The lowest BCUT2D eigenvalue weighted by Crippen LogP contribution is -2.44. The van der Waals surface area contributed by atoms with Crippen molar-refractivity contribution >= 4 is 5.97 Å². The standard InChI is InChI=1S/C17H23F3O5/c1-3-24-11-5-4-6-14(23-2)15(17(18,19)20)25-16(22)12-7-9-13(21)10-8-12/h7-10,14-15,21H,3-6,11H2,1-2H3/t14-,15+/m1/s1. The normalized spacial score (nSPS) is 14.1. The minimum Gasteiger partial charge on any atom is -0.508 e. The van der Waals surface area contributed by atoms with Crippen molar-refractivity contribution in [3.8, 4) is 5.75 Å². The number of phenols is 1. The molecule has 1 N–H and O–H groups in total. The molecular formula is C17H23F3O5. The number of hydrogen-bond donors (Lipinski definition) is 1. The third-order valence-corrected chi connectivity index (χ3v) is 3.53. The molecule has 8 heteroatoms. The number of carbonyl (C=O) groups excluding carboxylic acids is 1. The van der Waals surface area contributed by atoms with E-state index in [0.29, 0.717) is 26.1 Å². The van der Waals surface area contributed by atoms with Gasteiger partial charge >= 0.3 is 12.1 Å². The van der Waals surface area contributed by atoms with E-state index >= 15 is 0 Å². The molecular weight excluding hydrogens is 341 g/mol. The third-order valence-electron chi connectivity index (χ3n) is 3.53. The zero-order chi connectivity index (χ0) is 18.9. The fourth-order valence-electron chi connectivity index (χ4n) is 2.22. The maximum atomic E-state index is 13.3. The third kappa shape index (κ3) is 7.31. The molecule has 2 atom stereocenters. The van der Waals surface area contributed by atoms with E-state index in [1.807, 2.05) is 6.92 Å². The maximum absolute atomic E-state index is 13.3. The Kier molecular flexibility index (Phi) is 8.71. The number of aromatic hydroxyl groups is 1. The predicted octanol–water partition coefficient (Wildman–Crippen LogP) is 3.70. The van der Waals surface area contributed by atoms with Crippen LogP contribution in [0.2, 0.25) is 0 Å². The Labute approximate surface area is 144 Å². The van der Waals surface area contributed by atoms with Crippen molar-refractivity contribution in [2.75, 3.05) is 20.3 Å². The van der Waals surface area contributed by atoms with Gasteiger partial charge in [-0.2, -0.15) is 13.2 Å². The highest BCUT2D eigenvalue weighted by molar-refractivity contribution is 5.89. The molecule has 1 aromatic carbocycles. The van der Waals surface area contributed by atoms with Gasteiger partial charge in [-0.25, -0.2) is 4.79 Å². The average molecular weight is 364 g/mol. The lowest BCUT2D eigenvalue weighted by atomic mass is 10.1. The van der Waals surface area contributed by atoms with Gasteiger partial charge in [0.25, 0.3) is 0 Å². The Morgan fingerprint density at radius 2 is 1.84 bits per heavy atom. The molecule has 0 radical (unpaired) electrons. The van der Waals surface area contributed by atoms with Crippen LogP contribution in [0, 0.1) is 0 Å². The van der Waals surface area contributed by atoms with E-state index in [4.69, 9.17) is 9.47 Å². The molecule has 25 heavy (non-hydrogen) atoms. The molecule has 0 fully saturated rings. The second kappa shape index (κ2) is 10.2. The van der Waals surface area contributed by atoms with Crippen molar-refractivity contribution in [3.05, 3.63) is 29.8 Å². The summed E-state index contributed by atoms with van der Waals surface area (Å²) in [6.45, 7) is 2.83. The highest BCUT2D eigenvalue weighted by atomic mass is 19.4. The van der Waals surface area contributed by atoms with Gasteiger partial charge in [-0.3, -0.25) is 0 Å². The van der Waals surface area contributed by atoms with Crippen molar-refractivity contribution in [2.45, 2.75) is 44.6 Å². The first-order valence-corrected chi connectivity index (χ1v) is 7.96. The fourth-order valence-corrected chi connectivity index (χ4v) is 2.22. The Balaban J connectivity index is 2.74. The number of rotatable bonds is 10. The van der Waals surface area contributed by atoms with Crippen LogP contribution in [0.1, 0.15) is 36.5 Å². The van der Waals surface area contributed by atoms with Crippen LogP contribution in [-0.4, -0.2) is 49.8 Å². The number of phenolic OH excluding ortho intramolecular Hbond substituents is 1. The first-order valence-electron chi connectivity index (χ1n) is 7.96. The monoisotopic (exact) mass is 364 g/mol. The van der Waals surface area contributed by atoms with E-state index in [2.05, 4.69) is 4.74 Å². The lowest BCUT2D eigenvalue weighted by molar-refractivity contribution is -0.234. The number of alkyl halides is 3. The second-order valence-corrected chi connectivity index (χ2v) is 5.38. The first-order chi connectivity index (χ1) is 11.8. The van der Waals surface area contributed by atoms with Crippen LogP contribution in [-0.2, 0) is 14.2 Å². The number of carbonyl (C=O) groups is 1. The van der Waals surface area contributed by atoms with Crippen molar-refractivity contribution in [1.29, 1.82) is 0 Å². The number of ether oxygens (including phenoxy) is 3. The Morgan fingerprint density at radius 3 is 2.36 bits per heavy atom. The Hall–Kier alpha value is -1.80. The van der Waals surface area contributed by atoms with E-state index in [1.54, 1.807) is 0 Å². The number of hydrogen-bond acceptors (Lipinski definition) is 5. The summed E-state index contributed by atoms with van der Waals surface area (Å²) >= 11 is 0. The largest absolute Gasteiger partial charge is 0.508 e. The Morgan fingerprint density at radius 1 is 1.20 bits per heavy atom. The van der Waals surface area contributed by atoms with Crippen LogP contribution in [0.4, 0.5) is 13.2 Å². The minimum absolute atomic E-state index is 0.0800. The Bertz CT molecular complexity index is 516. The van der Waals surface area contributed by atoms with Gasteiger partial charge in [-0.1, -0.05) is 0 Å². The van der Waals surface area contributed by atoms with Crippen LogP contribution >= 0.6 is 0 Å². The first kappa shape index (κ1) is 21.2. The van der Waals surface area contributed by atoms with Crippen molar-refractivity contribution in [1.82, 2.24) is 0 Å². The zero-order valence-electron chi connectivity index (χ0n) is 14.2. The van der Waals surface area contributed by atoms with Crippen LogP contribution in [0.25, 0.3) is 0 Å². The van der Waals surface area contributed by atoms with E-state index < -0.39 is 24.4 Å². The van der Waals surface area contributed by atoms with Gasteiger partial charge in [-0.15, -0.1) is 0 Å². The summed E-state index contributed by atoms with van der Waals surface area (Å²) in [5.74, 6) is -1.23. The lowest BCUT2D eigenvalue weighted by Gasteiger charge is -2.27. The molecule has 0 bridgehead atoms. The molecule has 0 amide bonds. The number of benzene rings is 1. The van der Waals surface area contributed by atoms with Gasteiger partial charge in [0.1, 0.15) is 11.9 Å². The molecule has 0 unspecified atom stereocenters. The highest BCUT2D eigenvalue weighted by Gasteiger charge is 2.48. The summed E-state index contributed by atoms with van der Waals surface area (Å²) in [6.07, 6.45) is -7.32. The molecule has 0 spiro atoms. The molecule has 0 aliphatic carbocycles. The van der Waals surface area contributed by atoms with E-state index in [-0.39, 0.29) is 17.7 Å². The van der Waals surface area contributed by atoms with Gasteiger partial charge in [0.15, 0.2) is 0 Å². The number of unbranched alkanes of at least 4 members (excludes halogenated alkanes) is 1. The summed E-state index contributed by atoms with van der Waals surface area (Å²) in [5, 5.41) is 9.17. The SMILES string of the molecule is CCOCCCC[C@@H](OC)[C@H](OC(=O)c1ccc(O)cc1)C(F)(F)F. The quantitative estimate of drug-likeness (QED) is 0.507. The summed E-state index contributed by atoms with van der Waals surface area (Å²) in [6, 6.07) is 4.77. The van der Waals surface area contributed by atoms with Gasteiger partial charge in [0, 0.05) is 20.3 Å². The summed E-state index contributed by atoms with van der Waals surface area (Å²) in [4.78, 5) is 12.0. The van der Waals surface area contributed by atoms with Crippen LogP contribution < -0.4 is 0 Å². The molecule has 0 saturated carbocycles. The summed E-state index contributed by atoms with van der Waals surface area (Å²) in [5.41, 5.74) is -0.0850. The molecule has 1 rings (SSSR count). The summed E-state index contributed by atoms with van der Waals surface area (Å²) < 4.78 is 54.6.